The number of phenolic OH excluding ortho intramolecular Hbond substituents is 1. The average molecular weight is 235 g/mol. The van der Waals surface area contributed by atoms with Gasteiger partial charge in [-0.25, -0.2) is 0 Å². The van der Waals surface area contributed by atoms with Crippen molar-refractivity contribution in [3.05, 3.63) is 24.4 Å². The molecule has 0 saturated heterocycles. The second-order valence-electron chi connectivity index (χ2n) is 3.45. The van der Waals surface area contributed by atoms with Gasteiger partial charge < -0.3 is 10.8 Å². The van der Waals surface area contributed by atoms with Crippen LogP contribution >= 0.6 is 11.8 Å². The Hall–Kier alpha value is -1.62. The molecule has 1 heterocycles. The summed E-state index contributed by atoms with van der Waals surface area (Å²) in [5.41, 5.74) is 7.36. The van der Waals surface area contributed by atoms with Crippen LogP contribution in [0.15, 0.2) is 29.3 Å². The Morgan fingerprint density at radius 3 is 2.69 bits per heavy atom. The van der Waals surface area contributed by atoms with Gasteiger partial charge in [0.1, 0.15) is 11.6 Å². The lowest BCUT2D eigenvalue weighted by Crippen LogP contribution is -1.98. The molecule has 0 aliphatic carbocycles. The molecular formula is C11H13N3OS. The molecule has 0 radical (unpaired) electrons. The van der Waals surface area contributed by atoms with Gasteiger partial charge >= 0.3 is 0 Å². The van der Waals surface area contributed by atoms with E-state index in [1.54, 1.807) is 35.8 Å². The molecule has 2 rings (SSSR count). The third kappa shape index (κ3) is 1.74. The summed E-state index contributed by atoms with van der Waals surface area (Å²) in [6.07, 6.45) is 3.65. The zero-order chi connectivity index (χ0) is 11.7. The maximum atomic E-state index is 9.82. The van der Waals surface area contributed by atoms with Crippen molar-refractivity contribution in [2.75, 3.05) is 12.0 Å². The molecule has 0 bridgehead atoms. The van der Waals surface area contributed by atoms with E-state index in [1.807, 2.05) is 18.4 Å². The van der Waals surface area contributed by atoms with Crippen molar-refractivity contribution in [1.29, 1.82) is 0 Å². The fourth-order valence-electron chi connectivity index (χ4n) is 1.51. The first kappa shape index (κ1) is 10.9. The van der Waals surface area contributed by atoms with E-state index in [9.17, 15) is 5.11 Å². The number of aromatic nitrogens is 2. The normalized spacial score (nSPS) is 10.6. The molecule has 84 valence electrons. The van der Waals surface area contributed by atoms with Crippen molar-refractivity contribution < 1.29 is 5.11 Å². The van der Waals surface area contributed by atoms with Crippen LogP contribution in [-0.2, 0) is 7.05 Å². The number of nitrogen functional groups attached to an aromatic ring is 1. The van der Waals surface area contributed by atoms with Crippen molar-refractivity contribution in [2.45, 2.75) is 4.90 Å². The van der Waals surface area contributed by atoms with Crippen LogP contribution in [-0.4, -0.2) is 21.1 Å². The Kier molecular flexibility index (Phi) is 2.78. The molecular weight excluding hydrogens is 222 g/mol. The average Bonchev–Trinajstić information content (AvgIpc) is 2.61. The fraction of sp³-hybridized carbons (Fsp3) is 0.182. The minimum atomic E-state index is 0.220. The van der Waals surface area contributed by atoms with Gasteiger partial charge in [-0.15, -0.1) is 11.8 Å². The Morgan fingerprint density at radius 1 is 1.38 bits per heavy atom. The maximum absolute atomic E-state index is 9.82. The molecule has 0 spiro atoms. The van der Waals surface area contributed by atoms with E-state index in [-0.39, 0.29) is 5.75 Å². The molecule has 16 heavy (non-hydrogen) atoms. The predicted molar refractivity (Wildman–Crippen MR) is 66.5 cm³/mol. The summed E-state index contributed by atoms with van der Waals surface area (Å²) in [4.78, 5) is 1.08. The first-order valence-corrected chi connectivity index (χ1v) is 6.01. The number of rotatable bonds is 2. The maximum Gasteiger partial charge on any atom is 0.129 e. The zero-order valence-corrected chi connectivity index (χ0v) is 9.95. The van der Waals surface area contributed by atoms with E-state index in [1.165, 1.54) is 0 Å². The number of hydrogen-bond acceptors (Lipinski definition) is 4. The Labute approximate surface area is 98.1 Å². The monoisotopic (exact) mass is 235 g/mol. The SMILES string of the molecule is CSc1ccc(O)c(-c2cnn(C)c2N)c1. The number of benzene rings is 1. The van der Waals surface area contributed by atoms with Crippen LogP contribution in [0.25, 0.3) is 11.1 Å². The van der Waals surface area contributed by atoms with E-state index >= 15 is 0 Å². The highest BCUT2D eigenvalue weighted by atomic mass is 32.2. The highest BCUT2D eigenvalue weighted by Crippen LogP contribution is 2.35. The minimum Gasteiger partial charge on any atom is -0.507 e. The Morgan fingerprint density at radius 2 is 2.12 bits per heavy atom. The van der Waals surface area contributed by atoms with Crippen molar-refractivity contribution >= 4 is 17.6 Å². The first-order chi connectivity index (χ1) is 7.63. The molecule has 4 nitrogen and oxygen atoms in total. The molecule has 2 aromatic rings. The molecule has 0 amide bonds. The lowest BCUT2D eigenvalue weighted by atomic mass is 10.1. The first-order valence-electron chi connectivity index (χ1n) is 4.78. The van der Waals surface area contributed by atoms with E-state index < -0.39 is 0 Å². The third-order valence-electron chi connectivity index (χ3n) is 2.48. The molecule has 0 aliphatic rings. The standard InChI is InChI=1S/C11H13N3OS/c1-14-11(12)9(6-13-14)8-5-7(16-2)3-4-10(8)15/h3-6,15H,12H2,1-2H3. The molecule has 1 aromatic carbocycles. The van der Waals surface area contributed by atoms with Crippen LogP contribution in [0.3, 0.4) is 0 Å². The van der Waals surface area contributed by atoms with Gasteiger partial charge in [0.25, 0.3) is 0 Å². The number of anilines is 1. The van der Waals surface area contributed by atoms with Crippen molar-refractivity contribution in [2.24, 2.45) is 7.05 Å². The summed E-state index contributed by atoms with van der Waals surface area (Å²) in [6, 6.07) is 5.46. The van der Waals surface area contributed by atoms with Crippen molar-refractivity contribution in [3.63, 3.8) is 0 Å². The van der Waals surface area contributed by atoms with Crippen LogP contribution in [0.2, 0.25) is 0 Å². The van der Waals surface area contributed by atoms with E-state index in [0.29, 0.717) is 5.82 Å². The van der Waals surface area contributed by atoms with E-state index in [2.05, 4.69) is 5.10 Å². The highest BCUT2D eigenvalue weighted by Gasteiger charge is 2.11. The fourth-order valence-corrected chi connectivity index (χ4v) is 1.95. The van der Waals surface area contributed by atoms with Gasteiger partial charge in [0.2, 0.25) is 0 Å². The largest absolute Gasteiger partial charge is 0.507 e. The topological polar surface area (TPSA) is 64.1 Å². The van der Waals surface area contributed by atoms with Gasteiger partial charge in [0.05, 0.1) is 6.20 Å². The lowest BCUT2D eigenvalue weighted by molar-refractivity contribution is 0.477. The van der Waals surface area contributed by atoms with Gasteiger partial charge in [0, 0.05) is 23.1 Å². The number of phenols is 1. The highest BCUT2D eigenvalue weighted by molar-refractivity contribution is 7.98. The number of nitrogens with two attached hydrogens (primary N) is 1. The number of aromatic hydroxyl groups is 1. The van der Waals surface area contributed by atoms with Gasteiger partial charge in [-0.2, -0.15) is 5.10 Å². The number of thioether (sulfide) groups is 1. The van der Waals surface area contributed by atoms with E-state index in [4.69, 9.17) is 5.73 Å². The quantitative estimate of drug-likeness (QED) is 0.782. The summed E-state index contributed by atoms with van der Waals surface area (Å²) < 4.78 is 1.58. The summed E-state index contributed by atoms with van der Waals surface area (Å²) in [5.74, 6) is 0.769. The second-order valence-corrected chi connectivity index (χ2v) is 4.33. The summed E-state index contributed by atoms with van der Waals surface area (Å²) >= 11 is 1.62. The minimum absolute atomic E-state index is 0.220. The van der Waals surface area contributed by atoms with Crippen LogP contribution in [0.1, 0.15) is 0 Å². The Bertz CT molecular complexity index is 522. The van der Waals surface area contributed by atoms with Crippen LogP contribution in [0.5, 0.6) is 5.75 Å². The molecule has 0 aliphatic heterocycles. The second kappa shape index (κ2) is 4.09. The van der Waals surface area contributed by atoms with Gasteiger partial charge in [-0.1, -0.05) is 0 Å². The van der Waals surface area contributed by atoms with Crippen molar-refractivity contribution in [3.8, 4) is 16.9 Å². The molecule has 0 saturated carbocycles. The molecule has 0 fully saturated rings. The summed E-state index contributed by atoms with van der Waals surface area (Å²) in [7, 11) is 1.77. The van der Waals surface area contributed by atoms with Gasteiger partial charge in [-0.05, 0) is 24.5 Å². The van der Waals surface area contributed by atoms with Crippen LogP contribution < -0.4 is 5.73 Å². The lowest BCUT2D eigenvalue weighted by Gasteiger charge is -2.05. The molecule has 0 atom stereocenters. The zero-order valence-electron chi connectivity index (χ0n) is 9.14. The van der Waals surface area contributed by atoms with Gasteiger partial charge in [-0.3, -0.25) is 4.68 Å². The van der Waals surface area contributed by atoms with Gasteiger partial charge in [0.15, 0.2) is 0 Å². The molecule has 0 unspecified atom stereocenters. The Balaban J connectivity index is 2.59. The van der Waals surface area contributed by atoms with Crippen LogP contribution in [0.4, 0.5) is 5.82 Å². The molecule has 5 heteroatoms. The number of hydrogen-bond donors (Lipinski definition) is 2. The summed E-state index contributed by atoms with van der Waals surface area (Å²) in [6.45, 7) is 0. The summed E-state index contributed by atoms with van der Waals surface area (Å²) in [5, 5.41) is 13.9. The van der Waals surface area contributed by atoms with Crippen molar-refractivity contribution in [1.82, 2.24) is 9.78 Å². The number of nitrogens with zero attached hydrogens (tertiary/aromatic N) is 2. The number of aryl methyl sites for hydroxylation is 1. The molecule has 1 aromatic heterocycles. The molecule has 3 N–H and O–H groups in total. The predicted octanol–water partition coefficient (Wildman–Crippen LogP) is 2.10. The smallest absolute Gasteiger partial charge is 0.129 e. The van der Waals surface area contributed by atoms with E-state index in [0.717, 1.165) is 16.0 Å². The third-order valence-corrected chi connectivity index (χ3v) is 3.20. The van der Waals surface area contributed by atoms with Crippen LogP contribution in [0, 0.1) is 0 Å².